The van der Waals surface area contributed by atoms with Crippen LogP contribution in [0.1, 0.15) is 22.6 Å². The van der Waals surface area contributed by atoms with Crippen LogP contribution in [0.2, 0.25) is 0 Å². The molecule has 0 unspecified atom stereocenters. The Hall–Kier alpha value is -3.10. The van der Waals surface area contributed by atoms with Crippen LogP contribution in [-0.2, 0) is 11.8 Å². The first kappa shape index (κ1) is 15.8. The van der Waals surface area contributed by atoms with Crippen LogP contribution in [0.5, 0.6) is 0 Å². The SMILES string of the molecule is COC(=O)c1nc(-c2cccc3c2ncn3C)c(C(F)F)nc1N. The number of hydrogen-bond donors (Lipinski definition) is 1. The number of fused-ring (bicyclic) bond motifs is 1. The van der Waals surface area contributed by atoms with Crippen molar-refractivity contribution in [2.45, 2.75) is 6.43 Å². The Kier molecular flexibility index (Phi) is 3.84. The molecule has 9 heteroatoms. The van der Waals surface area contributed by atoms with Crippen molar-refractivity contribution in [1.29, 1.82) is 0 Å². The van der Waals surface area contributed by atoms with Gasteiger partial charge in [-0.05, 0) is 6.07 Å². The number of methoxy groups -OCH3 is 1. The molecule has 3 rings (SSSR count). The molecule has 0 aliphatic heterocycles. The lowest BCUT2D eigenvalue weighted by atomic mass is 10.1. The first-order valence-electron chi connectivity index (χ1n) is 6.88. The molecular formula is C15H13F2N5O2. The fraction of sp³-hybridized carbons (Fsp3) is 0.200. The summed E-state index contributed by atoms with van der Waals surface area (Å²) < 4.78 is 33.1. The Morgan fingerprint density at radius 2 is 2.08 bits per heavy atom. The van der Waals surface area contributed by atoms with E-state index < -0.39 is 23.9 Å². The Balaban J connectivity index is 2.34. The van der Waals surface area contributed by atoms with Gasteiger partial charge in [-0.1, -0.05) is 12.1 Å². The second-order valence-electron chi connectivity index (χ2n) is 5.01. The summed E-state index contributed by atoms with van der Waals surface area (Å²) >= 11 is 0. The third-order valence-corrected chi connectivity index (χ3v) is 3.55. The van der Waals surface area contributed by atoms with Crippen LogP contribution in [0, 0.1) is 0 Å². The van der Waals surface area contributed by atoms with Gasteiger partial charge in [0.1, 0.15) is 11.4 Å². The summed E-state index contributed by atoms with van der Waals surface area (Å²) in [6.45, 7) is 0. The van der Waals surface area contributed by atoms with Crippen molar-refractivity contribution in [2.75, 3.05) is 12.8 Å². The molecule has 2 N–H and O–H groups in total. The second kappa shape index (κ2) is 5.84. The molecule has 0 saturated heterocycles. The van der Waals surface area contributed by atoms with Gasteiger partial charge in [-0.3, -0.25) is 0 Å². The van der Waals surface area contributed by atoms with Gasteiger partial charge in [-0.25, -0.2) is 28.5 Å². The van der Waals surface area contributed by atoms with Gasteiger partial charge in [-0.15, -0.1) is 0 Å². The summed E-state index contributed by atoms with van der Waals surface area (Å²) in [5, 5.41) is 0. The van der Waals surface area contributed by atoms with Gasteiger partial charge in [-0.2, -0.15) is 0 Å². The highest BCUT2D eigenvalue weighted by Gasteiger charge is 2.25. The van der Waals surface area contributed by atoms with Crippen molar-refractivity contribution in [2.24, 2.45) is 7.05 Å². The number of hydrogen-bond acceptors (Lipinski definition) is 6. The summed E-state index contributed by atoms with van der Waals surface area (Å²) in [6, 6.07) is 5.06. The quantitative estimate of drug-likeness (QED) is 0.739. The van der Waals surface area contributed by atoms with Gasteiger partial charge < -0.3 is 15.0 Å². The summed E-state index contributed by atoms with van der Waals surface area (Å²) in [4.78, 5) is 23.6. The second-order valence-corrected chi connectivity index (χ2v) is 5.01. The number of ether oxygens (including phenoxy) is 1. The lowest BCUT2D eigenvalue weighted by Gasteiger charge is -2.11. The largest absolute Gasteiger partial charge is 0.464 e. The predicted octanol–water partition coefficient (Wildman–Crippen LogP) is 2.34. The molecule has 0 aliphatic rings. The Labute approximate surface area is 135 Å². The summed E-state index contributed by atoms with van der Waals surface area (Å²) in [5.41, 5.74) is 6.03. The number of carbonyl (C=O) groups excluding carboxylic acids is 1. The molecule has 0 fully saturated rings. The molecule has 0 aliphatic carbocycles. The number of nitrogens with zero attached hydrogens (tertiary/aromatic N) is 4. The maximum atomic E-state index is 13.4. The smallest absolute Gasteiger partial charge is 0.360 e. The van der Waals surface area contributed by atoms with E-state index in [1.165, 1.54) is 0 Å². The molecule has 0 spiro atoms. The Morgan fingerprint density at radius 3 is 2.75 bits per heavy atom. The number of nitrogens with two attached hydrogens (primary N) is 1. The van der Waals surface area contributed by atoms with Crippen molar-refractivity contribution in [1.82, 2.24) is 19.5 Å². The van der Waals surface area contributed by atoms with Gasteiger partial charge in [0.05, 0.1) is 24.5 Å². The number of alkyl halides is 2. The molecule has 3 aromatic rings. The highest BCUT2D eigenvalue weighted by Crippen LogP contribution is 2.33. The van der Waals surface area contributed by atoms with Gasteiger partial charge in [0.25, 0.3) is 6.43 Å². The number of benzene rings is 1. The number of carbonyl (C=O) groups is 1. The van der Waals surface area contributed by atoms with Crippen LogP contribution in [0.25, 0.3) is 22.3 Å². The molecule has 0 saturated carbocycles. The number of anilines is 1. The first-order valence-corrected chi connectivity index (χ1v) is 6.88. The van der Waals surface area contributed by atoms with E-state index >= 15 is 0 Å². The van der Waals surface area contributed by atoms with Crippen molar-refractivity contribution < 1.29 is 18.3 Å². The Morgan fingerprint density at radius 1 is 1.33 bits per heavy atom. The fourth-order valence-corrected chi connectivity index (χ4v) is 2.41. The van der Waals surface area contributed by atoms with E-state index in [2.05, 4.69) is 19.7 Å². The third kappa shape index (κ3) is 2.43. The van der Waals surface area contributed by atoms with Crippen LogP contribution < -0.4 is 5.73 Å². The monoisotopic (exact) mass is 333 g/mol. The van der Waals surface area contributed by atoms with Gasteiger partial charge in [0, 0.05) is 12.6 Å². The minimum atomic E-state index is -2.92. The van der Waals surface area contributed by atoms with Crippen LogP contribution in [-0.4, -0.2) is 32.6 Å². The number of imidazole rings is 1. The highest BCUT2D eigenvalue weighted by atomic mass is 19.3. The molecule has 0 atom stereocenters. The zero-order valence-electron chi connectivity index (χ0n) is 12.8. The lowest BCUT2D eigenvalue weighted by Crippen LogP contribution is -2.13. The van der Waals surface area contributed by atoms with Gasteiger partial charge in [0.2, 0.25) is 0 Å². The molecule has 7 nitrogen and oxygen atoms in total. The molecule has 24 heavy (non-hydrogen) atoms. The first-order chi connectivity index (χ1) is 11.4. The molecule has 0 radical (unpaired) electrons. The third-order valence-electron chi connectivity index (χ3n) is 3.55. The van der Waals surface area contributed by atoms with E-state index in [1.54, 1.807) is 36.1 Å². The molecule has 1 aromatic carbocycles. The van der Waals surface area contributed by atoms with Crippen molar-refractivity contribution in [3.05, 3.63) is 35.9 Å². The minimum Gasteiger partial charge on any atom is -0.464 e. The van der Waals surface area contributed by atoms with E-state index in [9.17, 15) is 13.6 Å². The number of para-hydroxylation sites is 1. The molecule has 2 aromatic heterocycles. The number of rotatable bonds is 3. The maximum Gasteiger partial charge on any atom is 0.360 e. The standard InChI is InChI=1S/C15H13F2N5O2/c1-22-6-19-9-7(4-3-5-8(9)22)10-11(13(16)17)21-14(18)12(20-10)15(23)24-2/h3-6,13H,1-2H3,(H2,18,21). The topological polar surface area (TPSA) is 95.9 Å². The summed E-state index contributed by atoms with van der Waals surface area (Å²) in [5.74, 6) is -1.26. The summed E-state index contributed by atoms with van der Waals surface area (Å²) in [7, 11) is 2.92. The Bertz CT molecular complexity index is 939. The number of halogens is 2. The van der Waals surface area contributed by atoms with E-state index in [1.807, 2.05) is 0 Å². The van der Waals surface area contributed by atoms with E-state index in [-0.39, 0.29) is 11.4 Å². The van der Waals surface area contributed by atoms with Crippen molar-refractivity contribution >= 4 is 22.8 Å². The maximum absolute atomic E-state index is 13.4. The fourth-order valence-electron chi connectivity index (χ4n) is 2.41. The zero-order valence-corrected chi connectivity index (χ0v) is 12.8. The predicted molar refractivity (Wildman–Crippen MR) is 82.4 cm³/mol. The van der Waals surface area contributed by atoms with Gasteiger partial charge >= 0.3 is 5.97 Å². The van der Waals surface area contributed by atoms with Gasteiger partial charge in [0.15, 0.2) is 11.5 Å². The normalized spacial score (nSPS) is 11.2. The minimum absolute atomic E-state index is 0.149. The molecule has 0 amide bonds. The zero-order chi connectivity index (χ0) is 17.4. The van der Waals surface area contributed by atoms with Crippen molar-refractivity contribution in [3.63, 3.8) is 0 Å². The highest BCUT2D eigenvalue weighted by molar-refractivity contribution is 5.95. The average Bonchev–Trinajstić information content (AvgIpc) is 2.95. The number of esters is 1. The van der Waals surface area contributed by atoms with Crippen LogP contribution >= 0.6 is 0 Å². The number of aromatic nitrogens is 4. The lowest BCUT2D eigenvalue weighted by molar-refractivity contribution is 0.0594. The molecule has 2 heterocycles. The summed E-state index contributed by atoms with van der Waals surface area (Å²) in [6.07, 6.45) is -1.36. The molecular weight excluding hydrogens is 320 g/mol. The van der Waals surface area contributed by atoms with E-state index in [4.69, 9.17) is 5.73 Å². The average molecular weight is 333 g/mol. The van der Waals surface area contributed by atoms with Crippen LogP contribution in [0.3, 0.4) is 0 Å². The van der Waals surface area contributed by atoms with Crippen LogP contribution in [0.15, 0.2) is 24.5 Å². The molecule has 124 valence electrons. The number of nitrogen functional groups attached to an aromatic ring is 1. The number of aryl methyl sites for hydroxylation is 1. The van der Waals surface area contributed by atoms with Crippen LogP contribution in [0.4, 0.5) is 14.6 Å². The van der Waals surface area contributed by atoms with Crippen molar-refractivity contribution in [3.8, 4) is 11.3 Å². The van der Waals surface area contributed by atoms with E-state index in [0.717, 1.165) is 12.6 Å². The van der Waals surface area contributed by atoms with E-state index in [0.29, 0.717) is 11.1 Å². The molecule has 0 bridgehead atoms.